The van der Waals surface area contributed by atoms with Crippen molar-refractivity contribution in [3.05, 3.63) is 84.2 Å². The van der Waals surface area contributed by atoms with Crippen molar-refractivity contribution in [2.24, 2.45) is 4.99 Å². The lowest BCUT2D eigenvalue weighted by Crippen LogP contribution is -2.16. The van der Waals surface area contributed by atoms with Gasteiger partial charge in [-0.15, -0.1) is 0 Å². The zero-order chi connectivity index (χ0) is 19.1. The minimum atomic E-state index is -0.115. The zero-order valence-electron chi connectivity index (χ0n) is 15.0. The van der Waals surface area contributed by atoms with Crippen LogP contribution in [0.5, 0.6) is 0 Å². The molecule has 0 fully saturated rings. The van der Waals surface area contributed by atoms with E-state index in [-0.39, 0.29) is 12.5 Å². The molecule has 6 heteroatoms. The Morgan fingerprint density at radius 2 is 1.82 bits per heavy atom. The summed E-state index contributed by atoms with van der Waals surface area (Å²) in [5.41, 5.74) is 4.81. The van der Waals surface area contributed by atoms with E-state index < -0.39 is 0 Å². The highest BCUT2D eigenvalue weighted by Crippen LogP contribution is 2.31. The average Bonchev–Trinajstić information content (AvgIpc) is 3.07. The lowest BCUT2D eigenvalue weighted by molar-refractivity contribution is -0.114. The first kappa shape index (κ1) is 16.5. The van der Waals surface area contributed by atoms with E-state index in [4.69, 9.17) is 7.85 Å². The van der Waals surface area contributed by atoms with Crippen LogP contribution in [0.4, 0.5) is 5.69 Å². The van der Waals surface area contributed by atoms with Gasteiger partial charge in [-0.25, -0.2) is 0 Å². The largest absolute Gasteiger partial charge is 0.323 e. The van der Waals surface area contributed by atoms with Crippen LogP contribution in [-0.2, 0) is 4.79 Å². The number of fused-ring (bicyclic) bond motifs is 3. The van der Waals surface area contributed by atoms with Gasteiger partial charge in [0, 0.05) is 34.6 Å². The number of amides is 1. The summed E-state index contributed by atoms with van der Waals surface area (Å²) in [4.78, 5) is 20.9. The number of nitrogens with zero attached hydrogens (tertiary/aromatic N) is 3. The van der Waals surface area contributed by atoms with Gasteiger partial charge >= 0.3 is 0 Å². The highest BCUT2D eigenvalue weighted by atomic mass is 16.1. The van der Waals surface area contributed by atoms with Gasteiger partial charge in [0.2, 0.25) is 5.91 Å². The molecule has 3 aromatic carbocycles. The molecular weight excluding hydrogens is 347 g/mol. The first-order chi connectivity index (χ1) is 13.7. The van der Waals surface area contributed by atoms with Crippen LogP contribution in [0.15, 0.2) is 78.0 Å². The summed E-state index contributed by atoms with van der Waals surface area (Å²) < 4.78 is 1.81. The number of imidazole rings is 1. The maximum Gasteiger partial charge on any atom is 0.246 e. The second-order valence-corrected chi connectivity index (χ2v) is 6.62. The van der Waals surface area contributed by atoms with Crippen molar-refractivity contribution in [2.45, 2.75) is 0 Å². The lowest BCUT2D eigenvalue weighted by Gasteiger charge is -2.14. The summed E-state index contributed by atoms with van der Waals surface area (Å²) in [7, 11) is 5.89. The number of carbonyl (C=O) groups excluding carboxylic acids is 1. The number of aromatic nitrogens is 2. The maximum atomic E-state index is 12.3. The number of carbonyl (C=O) groups is 1. The van der Waals surface area contributed by atoms with E-state index in [0.29, 0.717) is 5.72 Å². The van der Waals surface area contributed by atoms with Gasteiger partial charge in [-0.2, -0.15) is 0 Å². The summed E-state index contributed by atoms with van der Waals surface area (Å²) in [6, 6.07) is 20.0. The molecule has 5 nitrogen and oxygen atoms in total. The fourth-order valence-electron chi connectivity index (χ4n) is 3.58. The molecule has 0 unspecified atom stereocenters. The van der Waals surface area contributed by atoms with Gasteiger partial charge in [0.1, 0.15) is 6.54 Å². The highest BCUT2D eigenvalue weighted by molar-refractivity contribution is 6.29. The van der Waals surface area contributed by atoms with Crippen LogP contribution in [0.2, 0.25) is 0 Å². The van der Waals surface area contributed by atoms with Crippen LogP contribution in [0, 0.1) is 0 Å². The van der Waals surface area contributed by atoms with Crippen molar-refractivity contribution in [3.63, 3.8) is 0 Å². The second kappa shape index (κ2) is 6.49. The van der Waals surface area contributed by atoms with Gasteiger partial charge in [0.05, 0.1) is 17.1 Å². The van der Waals surface area contributed by atoms with Crippen molar-refractivity contribution in [1.82, 2.24) is 9.55 Å². The fraction of sp³-hybridized carbons (Fsp3) is 0.0455. The molecule has 0 bridgehead atoms. The Kier molecular flexibility index (Phi) is 3.83. The SMILES string of the molecule is [B]c1nccn1-c1ccc(C2=NCC(=O)Nc3c2ccc2ccccc32)cc1. The number of anilines is 1. The molecule has 2 radical (unpaired) electrons. The van der Waals surface area contributed by atoms with Crippen LogP contribution in [0.25, 0.3) is 16.5 Å². The Morgan fingerprint density at radius 3 is 2.61 bits per heavy atom. The third-order valence-corrected chi connectivity index (χ3v) is 4.92. The molecule has 132 valence electrons. The molecule has 1 aliphatic heterocycles. The topological polar surface area (TPSA) is 59.3 Å². The number of rotatable bonds is 2. The molecule has 0 aliphatic carbocycles. The van der Waals surface area contributed by atoms with Gasteiger partial charge in [-0.1, -0.05) is 48.5 Å². The number of benzene rings is 3. The summed E-state index contributed by atoms with van der Waals surface area (Å²) in [6.07, 6.45) is 3.48. The van der Waals surface area contributed by atoms with Crippen molar-refractivity contribution in [1.29, 1.82) is 0 Å². The quantitative estimate of drug-likeness (QED) is 0.558. The fourth-order valence-corrected chi connectivity index (χ4v) is 3.58. The van der Waals surface area contributed by atoms with Gasteiger partial charge < -0.3 is 9.88 Å². The number of nitrogens with one attached hydrogen (secondary N) is 1. The molecule has 1 aromatic heterocycles. The van der Waals surface area contributed by atoms with E-state index in [1.807, 2.05) is 65.4 Å². The lowest BCUT2D eigenvalue weighted by atomic mass is 9.96. The Bertz CT molecular complexity index is 1240. The Balaban J connectivity index is 1.64. The first-order valence-electron chi connectivity index (χ1n) is 8.97. The molecule has 1 aliphatic rings. The van der Waals surface area contributed by atoms with Crippen LogP contribution in [0.3, 0.4) is 0 Å². The summed E-state index contributed by atoms with van der Waals surface area (Å²) >= 11 is 0. The zero-order valence-corrected chi connectivity index (χ0v) is 15.0. The van der Waals surface area contributed by atoms with E-state index in [1.54, 1.807) is 6.20 Å². The van der Waals surface area contributed by atoms with Crippen LogP contribution in [0.1, 0.15) is 11.1 Å². The van der Waals surface area contributed by atoms with E-state index in [2.05, 4.69) is 21.4 Å². The molecule has 1 N–H and O–H groups in total. The summed E-state index contributed by atoms with van der Waals surface area (Å²) in [6.45, 7) is 0.0918. The minimum absolute atomic E-state index is 0.0918. The van der Waals surface area contributed by atoms with Crippen molar-refractivity contribution in [3.8, 4) is 5.69 Å². The van der Waals surface area contributed by atoms with Gasteiger partial charge in [0.25, 0.3) is 0 Å². The molecule has 0 atom stereocenters. The van der Waals surface area contributed by atoms with Crippen LogP contribution < -0.4 is 11.0 Å². The minimum Gasteiger partial charge on any atom is -0.323 e. The van der Waals surface area contributed by atoms with Gasteiger partial charge in [0.15, 0.2) is 7.85 Å². The van der Waals surface area contributed by atoms with E-state index in [1.165, 1.54) is 0 Å². The Labute approximate surface area is 163 Å². The third kappa shape index (κ3) is 2.70. The number of aliphatic imine (C=N–C) groups is 1. The van der Waals surface area contributed by atoms with E-state index in [0.717, 1.165) is 39.0 Å². The average molecular weight is 362 g/mol. The second-order valence-electron chi connectivity index (χ2n) is 6.62. The van der Waals surface area contributed by atoms with Crippen molar-refractivity contribution in [2.75, 3.05) is 11.9 Å². The van der Waals surface area contributed by atoms with E-state index >= 15 is 0 Å². The van der Waals surface area contributed by atoms with Crippen LogP contribution in [-0.4, -0.2) is 35.6 Å². The molecular formula is C22H15BN4O. The Morgan fingerprint density at radius 1 is 1.00 bits per heavy atom. The first-order valence-corrected chi connectivity index (χ1v) is 8.97. The maximum absolute atomic E-state index is 12.3. The molecule has 0 saturated carbocycles. The predicted octanol–water partition coefficient (Wildman–Crippen LogP) is 2.61. The molecule has 2 heterocycles. The third-order valence-electron chi connectivity index (χ3n) is 4.92. The molecule has 5 rings (SSSR count). The summed E-state index contributed by atoms with van der Waals surface area (Å²) in [5, 5.41) is 5.11. The smallest absolute Gasteiger partial charge is 0.246 e. The molecule has 28 heavy (non-hydrogen) atoms. The number of hydrogen-bond donors (Lipinski definition) is 1. The summed E-state index contributed by atoms with van der Waals surface area (Å²) in [5.74, 6) is -0.115. The predicted molar refractivity (Wildman–Crippen MR) is 112 cm³/mol. The Hall–Kier alpha value is -3.67. The standard InChI is InChI=1S/C22H15BN4O/c23-22-24-11-12-27(22)16-8-5-15(6-9-16)20-18-10-7-14-3-1-2-4-17(14)21(18)26-19(28)13-25-20/h1-12H,13H2,(H,26,28). The normalized spacial score (nSPS) is 13.6. The molecule has 0 saturated heterocycles. The van der Waals surface area contributed by atoms with Crippen LogP contribution >= 0.6 is 0 Å². The molecule has 4 aromatic rings. The van der Waals surface area contributed by atoms with Crippen molar-refractivity contribution < 1.29 is 4.79 Å². The molecule has 0 spiro atoms. The molecule has 1 amide bonds. The van der Waals surface area contributed by atoms with Gasteiger partial charge in [-0.3, -0.25) is 14.8 Å². The monoisotopic (exact) mass is 362 g/mol. The number of hydrogen-bond acceptors (Lipinski definition) is 3. The van der Waals surface area contributed by atoms with E-state index in [9.17, 15) is 4.79 Å². The van der Waals surface area contributed by atoms with Gasteiger partial charge in [-0.05, 0) is 17.5 Å². The highest BCUT2D eigenvalue weighted by Gasteiger charge is 2.20. The van der Waals surface area contributed by atoms with Crippen molar-refractivity contribution >= 4 is 41.6 Å².